The zero-order valence-electron chi connectivity index (χ0n) is 14.0. The Morgan fingerprint density at radius 1 is 1.00 bits per heavy atom. The van der Waals surface area contributed by atoms with E-state index in [2.05, 4.69) is 59.0 Å². The Morgan fingerprint density at radius 2 is 1.71 bits per heavy atom. The second-order valence-corrected chi connectivity index (χ2v) is 6.65. The van der Waals surface area contributed by atoms with Gasteiger partial charge in [0.15, 0.2) is 5.78 Å². The summed E-state index contributed by atoms with van der Waals surface area (Å²) in [5, 5.41) is 3.27. The first-order chi connectivity index (χ1) is 11.6. The third-order valence-corrected chi connectivity index (χ3v) is 4.58. The van der Waals surface area contributed by atoms with Crippen molar-refractivity contribution in [1.82, 2.24) is 14.6 Å². The molecular formula is C20H21N3O. The highest BCUT2D eigenvalue weighted by molar-refractivity contribution is 6.06. The highest BCUT2D eigenvalue weighted by Gasteiger charge is 2.20. The number of ketones is 1. The highest BCUT2D eigenvalue weighted by atomic mass is 16.1. The van der Waals surface area contributed by atoms with E-state index < -0.39 is 0 Å². The van der Waals surface area contributed by atoms with Crippen LogP contribution in [-0.4, -0.2) is 35.7 Å². The summed E-state index contributed by atoms with van der Waals surface area (Å²) in [6.45, 7) is 2.04. The molecule has 0 saturated heterocycles. The van der Waals surface area contributed by atoms with Crippen LogP contribution in [0.1, 0.15) is 21.5 Å². The maximum Gasteiger partial charge on any atom is 0.178 e. The van der Waals surface area contributed by atoms with Gasteiger partial charge in [-0.15, -0.1) is 0 Å². The van der Waals surface area contributed by atoms with Gasteiger partial charge in [0.05, 0.1) is 12.1 Å². The largest absolute Gasteiger partial charge is 0.323 e. The number of aromatic nitrogens is 1. The monoisotopic (exact) mass is 319 g/mol. The van der Waals surface area contributed by atoms with Gasteiger partial charge < -0.3 is 14.6 Å². The van der Waals surface area contributed by atoms with Crippen LogP contribution in [0, 0.1) is 0 Å². The van der Waals surface area contributed by atoms with Crippen LogP contribution in [0.5, 0.6) is 0 Å². The zero-order valence-corrected chi connectivity index (χ0v) is 14.0. The van der Waals surface area contributed by atoms with Crippen molar-refractivity contribution < 1.29 is 4.79 Å². The number of benzene rings is 1. The van der Waals surface area contributed by atoms with Gasteiger partial charge in [-0.05, 0) is 48.5 Å². The Bertz CT molecular complexity index is 907. The number of rotatable bonds is 3. The second-order valence-electron chi connectivity index (χ2n) is 6.65. The van der Waals surface area contributed by atoms with Gasteiger partial charge in [-0.2, -0.15) is 0 Å². The van der Waals surface area contributed by atoms with Crippen molar-refractivity contribution in [2.75, 3.05) is 20.6 Å². The lowest BCUT2D eigenvalue weighted by atomic mass is 9.98. The van der Waals surface area contributed by atoms with E-state index in [1.807, 2.05) is 18.5 Å². The first-order valence-corrected chi connectivity index (χ1v) is 8.24. The molecule has 1 N–H and O–H groups in total. The Balaban J connectivity index is 1.83. The summed E-state index contributed by atoms with van der Waals surface area (Å²) >= 11 is 0. The summed E-state index contributed by atoms with van der Waals surface area (Å²) in [7, 11) is 4.15. The fourth-order valence-corrected chi connectivity index (χ4v) is 3.50. The molecule has 4 nitrogen and oxygen atoms in total. The highest BCUT2D eigenvalue weighted by Crippen LogP contribution is 2.31. The van der Waals surface area contributed by atoms with Crippen molar-refractivity contribution in [3.8, 4) is 11.1 Å². The van der Waals surface area contributed by atoms with Gasteiger partial charge in [0.2, 0.25) is 0 Å². The molecule has 2 aromatic heterocycles. The molecule has 0 unspecified atom stereocenters. The van der Waals surface area contributed by atoms with Crippen LogP contribution in [0.25, 0.3) is 16.6 Å². The summed E-state index contributed by atoms with van der Waals surface area (Å²) in [6, 6.07) is 12.8. The maximum absolute atomic E-state index is 12.3. The van der Waals surface area contributed by atoms with Gasteiger partial charge in [-0.25, -0.2) is 0 Å². The van der Waals surface area contributed by atoms with Gasteiger partial charge in [-0.1, -0.05) is 24.3 Å². The number of carbonyl (C=O) groups excluding carboxylic acids is 1. The molecular weight excluding hydrogens is 298 g/mol. The topological polar surface area (TPSA) is 36.8 Å². The summed E-state index contributed by atoms with van der Waals surface area (Å²) < 4.78 is 2.06. The van der Waals surface area contributed by atoms with Gasteiger partial charge in [0, 0.05) is 31.0 Å². The van der Waals surface area contributed by atoms with Crippen LogP contribution in [0.2, 0.25) is 0 Å². The van der Waals surface area contributed by atoms with Gasteiger partial charge in [-0.3, -0.25) is 4.79 Å². The Morgan fingerprint density at radius 3 is 2.42 bits per heavy atom. The number of pyridine rings is 1. The van der Waals surface area contributed by atoms with Crippen molar-refractivity contribution in [2.45, 2.75) is 13.1 Å². The maximum atomic E-state index is 12.3. The van der Waals surface area contributed by atoms with Crippen molar-refractivity contribution in [3.05, 3.63) is 65.5 Å². The fraction of sp³-hybridized carbons (Fsp3) is 0.250. The minimum absolute atomic E-state index is 0.162. The Hall–Kier alpha value is -2.43. The van der Waals surface area contributed by atoms with Crippen molar-refractivity contribution >= 4 is 11.3 Å². The first kappa shape index (κ1) is 15.1. The normalized spacial score (nSPS) is 14.4. The molecule has 0 spiro atoms. The lowest BCUT2D eigenvalue weighted by Gasteiger charge is -2.13. The molecule has 4 rings (SSSR count). The van der Waals surface area contributed by atoms with E-state index in [-0.39, 0.29) is 5.78 Å². The molecule has 0 atom stereocenters. The number of carbonyl (C=O) groups is 1. The Labute approximate surface area is 141 Å². The standard InChI is InChI=1S/C20H21N3O/c1-22(2)13-14-3-5-15(6-4-14)16-7-9-23-10-8-17-19(24)12-21-11-18(16)20(17)23/h3-10,21H,11-13H2,1-2H3. The van der Waals surface area contributed by atoms with Crippen LogP contribution in [-0.2, 0) is 13.1 Å². The molecule has 0 amide bonds. The van der Waals surface area contributed by atoms with Crippen LogP contribution in [0.15, 0.2) is 48.8 Å². The predicted molar refractivity (Wildman–Crippen MR) is 96.3 cm³/mol. The lowest BCUT2D eigenvalue weighted by molar-refractivity contribution is 0.0994. The van der Waals surface area contributed by atoms with E-state index in [9.17, 15) is 4.79 Å². The summed E-state index contributed by atoms with van der Waals surface area (Å²) in [5.41, 5.74) is 6.75. The zero-order chi connectivity index (χ0) is 16.7. The molecule has 3 aromatic rings. The minimum Gasteiger partial charge on any atom is -0.323 e. The number of nitrogens with one attached hydrogen (secondary N) is 1. The predicted octanol–water partition coefficient (Wildman–Crippen LogP) is 2.95. The van der Waals surface area contributed by atoms with Crippen LogP contribution in [0.3, 0.4) is 0 Å². The molecule has 3 heterocycles. The number of hydrogen-bond acceptors (Lipinski definition) is 3. The van der Waals surface area contributed by atoms with Crippen molar-refractivity contribution in [3.63, 3.8) is 0 Å². The van der Waals surface area contributed by atoms with Crippen molar-refractivity contribution in [1.29, 1.82) is 0 Å². The lowest BCUT2D eigenvalue weighted by Crippen LogP contribution is -2.19. The second kappa shape index (κ2) is 5.89. The smallest absolute Gasteiger partial charge is 0.178 e. The third-order valence-electron chi connectivity index (χ3n) is 4.58. The van der Waals surface area contributed by atoms with E-state index >= 15 is 0 Å². The molecule has 4 heteroatoms. The molecule has 0 saturated carbocycles. The molecule has 0 fully saturated rings. The van der Waals surface area contributed by atoms with Crippen LogP contribution >= 0.6 is 0 Å². The summed E-state index contributed by atoms with van der Waals surface area (Å²) in [4.78, 5) is 14.4. The SMILES string of the molecule is CN(C)Cc1ccc(-c2ccn3ccc4c3c2CNCC4=O)cc1. The number of Topliss-reactive ketones (excluding diaryl/α,β-unsaturated/α-hetero) is 1. The Kier molecular flexibility index (Phi) is 3.71. The molecule has 1 aliphatic rings. The van der Waals surface area contributed by atoms with Crippen LogP contribution in [0.4, 0.5) is 0 Å². The minimum atomic E-state index is 0.162. The van der Waals surface area contributed by atoms with Gasteiger partial charge in [0.25, 0.3) is 0 Å². The van der Waals surface area contributed by atoms with Gasteiger partial charge in [0.1, 0.15) is 0 Å². The first-order valence-electron chi connectivity index (χ1n) is 8.24. The average molecular weight is 319 g/mol. The number of nitrogens with zero attached hydrogens (tertiary/aromatic N) is 2. The molecule has 24 heavy (non-hydrogen) atoms. The van der Waals surface area contributed by atoms with E-state index in [1.54, 1.807) is 0 Å². The van der Waals surface area contributed by atoms with Crippen LogP contribution < -0.4 is 5.32 Å². The quantitative estimate of drug-likeness (QED) is 0.806. The molecule has 0 aliphatic carbocycles. The summed E-state index contributed by atoms with van der Waals surface area (Å²) in [5.74, 6) is 0.162. The van der Waals surface area contributed by atoms with E-state index in [0.29, 0.717) is 13.1 Å². The van der Waals surface area contributed by atoms with Gasteiger partial charge >= 0.3 is 0 Å². The van der Waals surface area contributed by atoms with E-state index in [0.717, 1.165) is 17.6 Å². The molecule has 1 aliphatic heterocycles. The summed E-state index contributed by atoms with van der Waals surface area (Å²) in [6.07, 6.45) is 4.02. The van der Waals surface area contributed by atoms with Crippen molar-refractivity contribution in [2.24, 2.45) is 0 Å². The average Bonchev–Trinajstić information content (AvgIpc) is 2.92. The molecule has 0 radical (unpaired) electrons. The molecule has 122 valence electrons. The molecule has 1 aromatic carbocycles. The van der Waals surface area contributed by atoms with E-state index in [1.165, 1.54) is 22.3 Å². The third kappa shape index (κ3) is 2.54. The molecule has 0 bridgehead atoms. The fourth-order valence-electron chi connectivity index (χ4n) is 3.50. The van der Waals surface area contributed by atoms with E-state index in [4.69, 9.17) is 0 Å². The number of hydrogen-bond donors (Lipinski definition) is 1.